The third-order valence-electron chi connectivity index (χ3n) is 3.76. The van der Waals surface area contributed by atoms with Crippen LogP contribution in [-0.2, 0) is 0 Å². The van der Waals surface area contributed by atoms with Crippen LogP contribution in [0.5, 0.6) is 0 Å². The van der Waals surface area contributed by atoms with Gasteiger partial charge in [-0.25, -0.2) is 4.98 Å². The van der Waals surface area contributed by atoms with Crippen molar-refractivity contribution in [2.45, 2.75) is 43.9 Å². The average Bonchev–Trinajstić information content (AvgIpc) is 2.49. The highest BCUT2D eigenvalue weighted by molar-refractivity contribution is 9.10. The highest BCUT2D eigenvalue weighted by atomic mass is 79.9. The largest absolute Gasteiger partial charge is 0.370 e. The Bertz CT molecular complexity index is 498. The predicted molar refractivity (Wildman–Crippen MR) is 93.1 cm³/mol. The molecule has 1 aromatic rings. The fourth-order valence-electron chi connectivity index (χ4n) is 2.71. The van der Waals surface area contributed by atoms with Gasteiger partial charge in [0.1, 0.15) is 5.82 Å². The van der Waals surface area contributed by atoms with Gasteiger partial charge in [-0.15, -0.1) is 0 Å². The second-order valence-corrected chi connectivity index (χ2v) is 7.21. The average molecular weight is 372 g/mol. The summed E-state index contributed by atoms with van der Waals surface area (Å²) in [4.78, 5) is 16.9. The monoisotopic (exact) mass is 371 g/mol. The van der Waals surface area contributed by atoms with Crippen LogP contribution in [0.3, 0.4) is 0 Å². The molecule has 0 bridgehead atoms. The number of nitrogens with one attached hydrogen (secondary N) is 2. The summed E-state index contributed by atoms with van der Waals surface area (Å²) in [6, 6.07) is 2.09. The van der Waals surface area contributed by atoms with Gasteiger partial charge in [0.05, 0.1) is 5.56 Å². The lowest BCUT2D eigenvalue weighted by Crippen LogP contribution is -2.43. The van der Waals surface area contributed by atoms with Crippen LogP contribution >= 0.6 is 27.7 Å². The molecule has 6 heteroatoms. The van der Waals surface area contributed by atoms with Crippen LogP contribution in [0.2, 0.25) is 0 Å². The molecule has 116 valence electrons. The molecule has 1 aliphatic rings. The second-order valence-electron chi connectivity index (χ2n) is 5.22. The molecule has 1 aliphatic carbocycles. The molecular formula is C15H22BrN3OS. The third kappa shape index (κ3) is 4.36. The van der Waals surface area contributed by atoms with Gasteiger partial charge >= 0.3 is 0 Å². The molecule has 0 aromatic carbocycles. The number of rotatable bonds is 5. The maximum absolute atomic E-state index is 12.6. The molecule has 2 rings (SSSR count). The number of aromatic nitrogens is 1. The lowest BCUT2D eigenvalue weighted by molar-refractivity contribution is 0.0930. The summed E-state index contributed by atoms with van der Waals surface area (Å²) >= 11 is 5.25. The quantitative estimate of drug-likeness (QED) is 0.828. The van der Waals surface area contributed by atoms with Crippen molar-refractivity contribution >= 4 is 39.4 Å². The minimum absolute atomic E-state index is 0.0364. The van der Waals surface area contributed by atoms with Gasteiger partial charge in [-0.05, 0) is 48.0 Å². The Balaban J connectivity index is 2.13. The lowest BCUT2D eigenvalue weighted by Gasteiger charge is -2.31. The molecule has 1 amide bonds. The molecular weight excluding hydrogens is 350 g/mol. The number of thioether (sulfide) groups is 1. The van der Waals surface area contributed by atoms with Crippen molar-refractivity contribution in [3.63, 3.8) is 0 Å². The number of pyridine rings is 1. The van der Waals surface area contributed by atoms with Crippen molar-refractivity contribution in [1.29, 1.82) is 0 Å². The van der Waals surface area contributed by atoms with E-state index in [1.165, 1.54) is 19.3 Å². The van der Waals surface area contributed by atoms with Crippen molar-refractivity contribution in [3.05, 3.63) is 22.3 Å². The number of hydrogen-bond donors (Lipinski definition) is 2. The third-order valence-corrected chi connectivity index (χ3v) is 5.37. The Kier molecular flexibility index (Phi) is 6.36. The second kappa shape index (κ2) is 8.03. The van der Waals surface area contributed by atoms with Gasteiger partial charge in [-0.1, -0.05) is 12.8 Å². The van der Waals surface area contributed by atoms with Crippen LogP contribution < -0.4 is 10.6 Å². The SMILES string of the molecule is CCNc1ncc(Br)cc1C(=O)NC1CCCCC1SC. The molecule has 1 aromatic heterocycles. The number of hydrogen-bond acceptors (Lipinski definition) is 4. The Morgan fingerprint density at radius 3 is 2.95 bits per heavy atom. The van der Waals surface area contributed by atoms with Crippen LogP contribution in [0.4, 0.5) is 5.82 Å². The van der Waals surface area contributed by atoms with E-state index in [0.717, 1.165) is 17.4 Å². The van der Waals surface area contributed by atoms with E-state index in [4.69, 9.17) is 0 Å². The maximum atomic E-state index is 12.6. The number of carbonyl (C=O) groups is 1. The van der Waals surface area contributed by atoms with Gasteiger partial charge in [-0.2, -0.15) is 11.8 Å². The molecule has 1 fully saturated rings. The van der Waals surface area contributed by atoms with E-state index in [2.05, 4.69) is 37.8 Å². The predicted octanol–water partition coefficient (Wildman–Crippen LogP) is 3.68. The van der Waals surface area contributed by atoms with Crippen molar-refractivity contribution < 1.29 is 4.79 Å². The number of nitrogens with zero attached hydrogens (tertiary/aromatic N) is 1. The van der Waals surface area contributed by atoms with Gasteiger partial charge in [-0.3, -0.25) is 4.79 Å². The van der Waals surface area contributed by atoms with Crippen LogP contribution in [0, 0.1) is 0 Å². The summed E-state index contributed by atoms with van der Waals surface area (Å²) in [5.41, 5.74) is 0.608. The summed E-state index contributed by atoms with van der Waals surface area (Å²) in [5, 5.41) is 6.87. The van der Waals surface area contributed by atoms with E-state index in [9.17, 15) is 4.79 Å². The molecule has 21 heavy (non-hydrogen) atoms. The molecule has 1 heterocycles. The number of anilines is 1. The Morgan fingerprint density at radius 2 is 2.24 bits per heavy atom. The van der Waals surface area contributed by atoms with Crippen molar-refractivity contribution in [3.8, 4) is 0 Å². The van der Waals surface area contributed by atoms with Crippen LogP contribution in [0.1, 0.15) is 43.0 Å². The van der Waals surface area contributed by atoms with Crippen LogP contribution in [0.25, 0.3) is 0 Å². The van der Waals surface area contributed by atoms with E-state index in [1.54, 1.807) is 6.20 Å². The van der Waals surface area contributed by atoms with Crippen LogP contribution in [0.15, 0.2) is 16.7 Å². The molecule has 0 spiro atoms. The van der Waals surface area contributed by atoms with E-state index < -0.39 is 0 Å². The van der Waals surface area contributed by atoms with Gasteiger partial charge < -0.3 is 10.6 Å². The zero-order valence-electron chi connectivity index (χ0n) is 12.5. The highest BCUT2D eigenvalue weighted by Crippen LogP contribution is 2.28. The summed E-state index contributed by atoms with van der Waals surface area (Å²) in [5.74, 6) is 0.611. The zero-order chi connectivity index (χ0) is 15.2. The topological polar surface area (TPSA) is 54.0 Å². The summed E-state index contributed by atoms with van der Waals surface area (Å²) in [6.45, 7) is 2.74. The summed E-state index contributed by atoms with van der Waals surface area (Å²) in [7, 11) is 0. The minimum atomic E-state index is -0.0364. The summed E-state index contributed by atoms with van der Waals surface area (Å²) < 4.78 is 0.819. The van der Waals surface area contributed by atoms with Crippen LogP contribution in [-0.4, -0.2) is 35.0 Å². The molecule has 2 atom stereocenters. The molecule has 0 aliphatic heterocycles. The van der Waals surface area contributed by atoms with E-state index in [1.807, 2.05) is 24.8 Å². The fourth-order valence-corrected chi connectivity index (χ4v) is 3.98. The van der Waals surface area contributed by atoms with Gasteiger partial charge in [0.2, 0.25) is 0 Å². The minimum Gasteiger partial charge on any atom is -0.370 e. The molecule has 2 N–H and O–H groups in total. The highest BCUT2D eigenvalue weighted by Gasteiger charge is 2.27. The Morgan fingerprint density at radius 1 is 1.48 bits per heavy atom. The molecule has 0 saturated heterocycles. The van der Waals surface area contributed by atoms with Gasteiger partial charge in [0.15, 0.2) is 0 Å². The van der Waals surface area contributed by atoms with Crippen molar-refractivity contribution in [2.75, 3.05) is 18.1 Å². The molecule has 1 saturated carbocycles. The van der Waals surface area contributed by atoms with E-state index in [0.29, 0.717) is 16.6 Å². The zero-order valence-corrected chi connectivity index (χ0v) is 14.9. The first-order chi connectivity index (χ1) is 10.2. The Hall–Kier alpha value is -0.750. The molecule has 0 radical (unpaired) electrons. The van der Waals surface area contributed by atoms with E-state index >= 15 is 0 Å². The fraction of sp³-hybridized carbons (Fsp3) is 0.600. The smallest absolute Gasteiger partial charge is 0.255 e. The molecule has 4 nitrogen and oxygen atoms in total. The maximum Gasteiger partial charge on any atom is 0.255 e. The molecule has 2 unspecified atom stereocenters. The van der Waals surface area contributed by atoms with E-state index in [-0.39, 0.29) is 11.9 Å². The normalized spacial score (nSPS) is 21.9. The van der Waals surface area contributed by atoms with Gasteiger partial charge in [0.25, 0.3) is 5.91 Å². The first kappa shape index (κ1) is 16.6. The lowest BCUT2D eigenvalue weighted by atomic mass is 9.94. The number of carbonyl (C=O) groups excluding carboxylic acids is 1. The van der Waals surface area contributed by atoms with Crippen molar-refractivity contribution in [2.24, 2.45) is 0 Å². The van der Waals surface area contributed by atoms with Crippen molar-refractivity contribution in [1.82, 2.24) is 10.3 Å². The first-order valence-corrected chi connectivity index (χ1v) is 9.46. The number of amides is 1. The summed E-state index contributed by atoms with van der Waals surface area (Å²) in [6.07, 6.45) is 8.54. The van der Waals surface area contributed by atoms with Gasteiger partial charge in [0, 0.05) is 28.5 Å². The Labute approximate surface area is 139 Å². The number of halogens is 1. The standard InChI is InChI=1S/C15H22BrN3OS/c1-3-17-14-11(8-10(16)9-18-14)15(20)19-12-6-4-5-7-13(12)21-2/h8-9,12-13H,3-7H2,1-2H3,(H,17,18)(H,19,20). The first-order valence-electron chi connectivity index (χ1n) is 7.38.